The summed E-state index contributed by atoms with van der Waals surface area (Å²) in [5, 5.41) is 29.9. The third-order valence-corrected chi connectivity index (χ3v) is 5.71. The van der Waals surface area contributed by atoms with E-state index in [0.717, 1.165) is 50.5 Å². The molecule has 1 fully saturated rings. The molecule has 2 rings (SSSR count). The Kier molecular flexibility index (Phi) is 17.8. The molecule has 1 aliphatic rings. The minimum absolute atomic E-state index is 0. The molecule has 174 valence electrons. The Morgan fingerprint density at radius 2 is 1.73 bits per heavy atom. The molecule has 0 aliphatic heterocycles. The normalized spacial score (nSPS) is 21.4. The number of halogens is 1. The second-order valence-corrected chi connectivity index (χ2v) is 8.04. The number of benzene rings is 1. The molecule has 0 spiro atoms. The molecule has 30 heavy (non-hydrogen) atoms. The Morgan fingerprint density at radius 1 is 1.10 bits per heavy atom. The van der Waals surface area contributed by atoms with Crippen LogP contribution >= 0.6 is 38.6 Å². The van der Waals surface area contributed by atoms with E-state index in [1.54, 1.807) is 0 Å². The van der Waals surface area contributed by atoms with Crippen molar-refractivity contribution >= 4 is 44.6 Å². The molecular weight excluding hydrogens is 440 g/mol. The first kappa shape index (κ1) is 31.5. The second-order valence-electron chi connectivity index (χ2n) is 7.60. The van der Waals surface area contributed by atoms with Crippen LogP contribution in [0, 0.1) is 11.8 Å². The fourth-order valence-electron chi connectivity index (χ4n) is 3.93. The van der Waals surface area contributed by atoms with Crippen LogP contribution in [-0.4, -0.2) is 33.5 Å². The molecule has 1 aromatic rings. The van der Waals surface area contributed by atoms with E-state index in [0.29, 0.717) is 17.4 Å². The summed E-state index contributed by atoms with van der Waals surface area (Å²) in [7, 11) is 0. The van der Waals surface area contributed by atoms with Crippen LogP contribution in [0.5, 0.6) is 0 Å². The average Bonchev–Trinajstić information content (AvgIpc) is 2.98. The second kappa shape index (κ2) is 17.0. The zero-order valence-corrected chi connectivity index (χ0v) is 19.5. The number of allylic oxidation sites excluding steroid dienone is 1. The topological polar surface area (TPSA) is 77.8 Å². The molecule has 1 aromatic carbocycles. The van der Waals surface area contributed by atoms with E-state index in [9.17, 15) is 15.0 Å². The van der Waals surface area contributed by atoms with Crippen molar-refractivity contribution in [3.8, 4) is 0 Å². The van der Waals surface area contributed by atoms with Crippen molar-refractivity contribution in [1.82, 2.24) is 0 Å². The fraction of sp³-hybridized carbons (Fsp3) is 0.609. The molecule has 7 heteroatoms. The lowest BCUT2D eigenvalue weighted by molar-refractivity contribution is -0.137. The molecule has 1 unspecified atom stereocenters. The smallest absolute Gasteiger partial charge is 0.303 e. The van der Waals surface area contributed by atoms with Crippen LogP contribution in [0.1, 0.15) is 64.4 Å². The Bertz CT molecular complexity index is 610. The number of hydrogen-bond acceptors (Lipinski definition) is 3. The standard InChI is InChI=1S/C22H31ClO4.CH4.2H2S/c23-18-11-7-16(8-12-18)15-19(24)13-9-17-10-14-21(25)20(17)5-3-1-2-4-6-22(26)27;;;/h7-9,11-13,17,19-21,24-25H,1-6,10,14-15H2,(H,26,27);1H4;2*1H2/b13-9+;;;/t17-,19+,20?,21-;;;/m0.../s1. The Labute approximate surface area is 200 Å². The fourth-order valence-corrected chi connectivity index (χ4v) is 4.06. The minimum atomic E-state index is -0.733. The van der Waals surface area contributed by atoms with Gasteiger partial charge in [0.15, 0.2) is 0 Å². The number of unbranched alkanes of at least 4 members (excludes halogenated alkanes) is 3. The summed E-state index contributed by atoms with van der Waals surface area (Å²) in [5.74, 6) is -0.189. The predicted octanol–water partition coefficient (Wildman–Crippen LogP) is 5.47. The highest BCUT2D eigenvalue weighted by molar-refractivity contribution is 7.59. The third-order valence-electron chi connectivity index (χ3n) is 5.46. The molecule has 0 heterocycles. The quantitative estimate of drug-likeness (QED) is 0.291. The molecule has 0 amide bonds. The maximum Gasteiger partial charge on any atom is 0.303 e. The lowest BCUT2D eigenvalue weighted by Crippen LogP contribution is -2.18. The van der Waals surface area contributed by atoms with E-state index in [2.05, 4.69) is 6.08 Å². The molecule has 4 atom stereocenters. The van der Waals surface area contributed by atoms with Gasteiger partial charge in [-0.15, -0.1) is 0 Å². The van der Waals surface area contributed by atoms with Crippen LogP contribution in [0.4, 0.5) is 0 Å². The number of rotatable bonds is 11. The highest BCUT2D eigenvalue weighted by Crippen LogP contribution is 2.36. The van der Waals surface area contributed by atoms with Crippen molar-refractivity contribution < 1.29 is 20.1 Å². The van der Waals surface area contributed by atoms with Gasteiger partial charge in [0.05, 0.1) is 12.2 Å². The molecule has 3 N–H and O–H groups in total. The Balaban J connectivity index is 0. The van der Waals surface area contributed by atoms with Crippen LogP contribution in [0.15, 0.2) is 36.4 Å². The number of aliphatic hydroxyl groups is 2. The molecule has 0 saturated heterocycles. The van der Waals surface area contributed by atoms with Gasteiger partial charge in [-0.05, 0) is 55.2 Å². The molecule has 0 radical (unpaired) electrons. The van der Waals surface area contributed by atoms with Crippen LogP contribution in [-0.2, 0) is 11.2 Å². The average molecular weight is 479 g/mol. The first-order chi connectivity index (χ1) is 13.0. The number of carboxylic acid groups (broad SMARTS) is 1. The zero-order valence-electron chi connectivity index (χ0n) is 16.8. The van der Waals surface area contributed by atoms with E-state index in [1.165, 1.54) is 0 Å². The molecule has 0 aromatic heterocycles. The summed E-state index contributed by atoms with van der Waals surface area (Å²) in [6, 6.07) is 7.50. The monoisotopic (exact) mass is 478 g/mol. The molecule has 0 bridgehead atoms. The van der Waals surface area contributed by atoms with Gasteiger partial charge in [0.1, 0.15) is 0 Å². The van der Waals surface area contributed by atoms with Gasteiger partial charge < -0.3 is 15.3 Å². The third kappa shape index (κ3) is 11.7. The van der Waals surface area contributed by atoms with E-state index >= 15 is 0 Å². The van der Waals surface area contributed by atoms with Crippen molar-refractivity contribution in [2.24, 2.45) is 11.8 Å². The van der Waals surface area contributed by atoms with Crippen LogP contribution in [0.3, 0.4) is 0 Å². The highest BCUT2D eigenvalue weighted by atomic mass is 35.5. The summed E-state index contributed by atoms with van der Waals surface area (Å²) in [4.78, 5) is 10.5. The number of hydrogen-bond donors (Lipinski definition) is 3. The number of aliphatic carboxylic acids is 1. The Morgan fingerprint density at radius 3 is 2.37 bits per heavy atom. The number of aliphatic hydroxyl groups excluding tert-OH is 2. The summed E-state index contributed by atoms with van der Waals surface area (Å²) < 4.78 is 0. The maximum absolute atomic E-state index is 10.5. The van der Waals surface area contributed by atoms with Gasteiger partial charge in [-0.3, -0.25) is 4.79 Å². The number of carbonyl (C=O) groups is 1. The van der Waals surface area contributed by atoms with E-state index in [4.69, 9.17) is 16.7 Å². The molecule has 1 aliphatic carbocycles. The van der Waals surface area contributed by atoms with Crippen molar-refractivity contribution in [3.05, 3.63) is 47.0 Å². The van der Waals surface area contributed by atoms with Crippen molar-refractivity contribution in [2.75, 3.05) is 0 Å². The van der Waals surface area contributed by atoms with E-state index in [-0.39, 0.29) is 52.9 Å². The van der Waals surface area contributed by atoms with Crippen molar-refractivity contribution in [3.63, 3.8) is 0 Å². The van der Waals surface area contributed by atoms with Crippen LogP contribution in [0.2, 0.25) is 5.02 Å². The van der Waals surface area contributed by atoms with Gasteiger partial charge in [-0.1, -0.05) is 62.6 Å². The molecular formula is C23H39ClO4S2. The summed E-state index contributed by atoms with van der Waals surface area (Å²) >= 11 is 5.88. The van der Waals surface area contributed by atoms with Crippen molar-refractivity contribution in [2.45, 2.75) is 77.4 Å². The van der Waals surface area contributed by atoms with Crippen LogP contribution < -0.4 is 0 Å². The minimum Gasteiger partial charge on any atom is -0.481 e. The summed E-state index contributed by atoms with van der Waals surface area (Å²) in [5.41, 5.74) is 1.04. The molecule has 4 nitrogen and oxygen atoms in total. The van der Waals surface area contributed by atoms with Gasteiger partial charge in [-0.25, -0.2) is 0 Å². The lowest BCUT2D eigenvalue weighted by atomic mass is 9.88. The maximum atomic E-state index is 10.5. The van der Waals surface area contributed by atoms with Gasteiger partial charge in [-0.2, -0.15) is 27.0 Å². The largest absolute Gasteiger partial charge is 0.481 e. The first-order valence-electron chi connectivity index (χ1n) is 9.96. The number of carboxylic acids is 1. The van der Waals surface area contributed by atoms with E-state index < -0.39 is 12.1 Å². The van der Waals surface area contributed by atoms with E-state index in [1.807, 2.05) is 30.3 Å². The summed E-state index contributed by atoms with van der Waals surface area (Å²) in [6.45, 7) is 0. The lowest BCUT2D eigenvalue weighted by Gasteiger charge is -2.20. The van der Waals surface area contributed by atoms with Crippen molar-refractivity contribution in [1.29, 1.82) is 0 Å². The summed E-state index contributed by atoms with van der Waals surface area (Å²) in [6.07, 6.45) is 10.3. The zero-order chi connectivity index (χ0) is 19.6. The first-order valence-corrected chi connectivity index (χ1v) is 10.3. The van der Waals surface area contributed by atoms with Crippen LogP contribution in [0.25, 0.3) is 0 Å². The Hall–Kier alpha value is -0.660. The predicted molar refractivity (Wildman–Crippen MR) is 135 cm³/mol. The SMILES string of the molecule is C.O=C(O)CCCCCCC1[C@@H](O)CC[C@@H]1/C=C/[C@@H](O)Cc1ccc(Cl)cc1.S.S. The molecule has 1 saturated carbocycles. The highest BCUT2D eigenvalue weighted by Gasteiger charge is 2.32. The van der Waals surface area contributed by atoms with Gasteiger partial charge >= 0.3 is 5.97 Å². The van der Waals surface area contributed by atoms with Gasteiger partial charge in [0.25, 0.3) is 0 Å². The van der Waals surface area contributed by atoms with Gasteiger partial charge in [0, 0.05) is 17.9 Å². The van der Waals surface area contributed by atoms with Gasteiger partial charge in [0.2, 0.25) is 0 Å².